The predicted octanol–water partition coefficient (Wildman–Crippen LogP) is 3.42. The highest BCUT2D eigenvalue weighted by Crippen LogP contribution is 2.45. The summed E-state index contributed by atoms with van der Waals surface area (Å²) in [6, 6.07) is 17.4. The lowest BCUT2D eigenvalue weighted by Gasteiger charge is -2.29. The van der Waals surface area contributed by atoms with E-state index in [1.54, 1.807) is 0 Å². The van der Waals surface area contributed by atoms with Crippen molar-refractivity contribution in [2.24, 2.45) is 0 Å². The van der Waals surface area contributed by atoms with Gasteiger partial charge in [-0.1, -0.05) is 36.4 Å². The fourth-order valence-corrected chi connectivity index (χ4v) is 3.63. The maximum Gasteiger partial charge on any atom is 0.328 e. The van der Waals surface area contributed by atoms with Crippen molar-refractivity contribution in [3.63, 3.8) is 0 Å². The van der Waals surface area contributed by atoms with E-state index in [-0.39, 0.29) is 0 Å². The van der Waals surface area contributed by atoms with E-state index in [0.717, 1.165) is 16.9 Å². The van der Waals surface area contributed by atoms with E-state index in [0.29, 0.717) is 6.54 Å². The van der Waals surface area contributed by atoms with Crippen LogP contribution in [0.3, 0.4) is 0 Å². The minimum absolute atomic E-state index is 0.598. The molecule has 4 nitrogen and oxygen atoms in total. The smallest absolute Gasteiger partial charge is 0.308 e. The molecule has 0 saturated heterocycles. The highest BCUT2D eigenvalue weighted by atomic mass is 31.2. The van der Waals surface area contributed by atoms with Gasteiger partial charge in [0.05, 0.1) is 0 Å². The van der Waals surface area contributed by atoms with Crippen molar-refractivity contribution in [2.45, 2.75) is 6.54 Å². The Morgan fingerprint density at radius 1 is 1.00 bits per heavy atom. The quantitative estimate of drug-likeness (QED) is 0.723. The molecule has 0 bridgehead atoms. The maximum atomic E-state index is 12.6. The summed E-state index contributed by atoms with van der Waals surface area (Å²) in [5, 5.41) is 9.12. The standard InChI is InChI=1S/C13H14N3OP/c17-18(15-12-7-2-1-3-8-12)14-10-11-6-4-5-9-13(11)16-18/h1-9H,10H2,(H3,14,15,16,17)/t18-/m0/s1. The second-order valence-electron chi connectivity index (χ2n) is 4.19. The molecule has 3 rings (SSSR count). The van der Waals surface area contributed by atoms with Crippen LogP contribution in [0.2, 0.25) is 0 Å². The van der Waals surface area contributed by atoms with E-state index < -0.39 is 7.59 Å². The van der Waals surface area contributed by atoms with E-state index >= 15 is 0 Å². The molecule has 2 aromatic rings. The molecular weight excluding hydrogens is 245 g/mol. The lowest BCUT2D eigenvalue weighted by atomic mass is 10.2. The Bertz CT molecular complexity index is 600. The van der Waals surface area contributed by atoms with Crippen LogP contribution in [-0.4, -0.2) is 0 Å². The number of nitrogens with one attached hydrogen (secondary N) is 3. The molecule has 3 N–H and O–H groups in total. The largest absolute Gasteiger partial charge is 0.328 e. The van der Waals surface area contributed by atoms with Gasteiger partial charge in [0.1, 0.15) is 0 Å². The first-order valence-electron chi connectivity index (χ1n) is 5.80. The summed E-state index contributed by atoms with van der Waals surface area (Å²) in [7, 11) is -2.82. The third kappa shape index (κ3) is 2.26. The van der Waals surface area contributed by atoms with E-state index in [1.165, 1.54) is 0 Å². The van der Waals surface area contributed by atoms with Crippen molar-refractivity contribution in [3.8, 4) is 0 Å². The van der Waals surface area contributed by atoms with Crippen LogP contribution < -0.4 is 15.3 Å². The van der Waals surface area contributed by atoms with Gasteiger partial charge in [0.25, 0.3) is 0 Å². The third-order valence-electron chi connectivity index (χ3n) is 2.85. The summed E-state index contributed by atoms with van der Waals surface area (Å²) in [5.41, 5.74) is 2.88. The van der Waals surface area contributed by atoms with Crippen LogP contribution in [0.4, 0.5) is 11.4 Å². The molecule has 0 radical (unpaired) electrons. The van der Waals surface area contributed by atoms with Gasteiger partial charge in [-0.2, -0.15) is 0 Å². The Morgan fingerprint density at radius 2 is 1.72 bits per heavy atom. The second-order valence-corrected chi connectivity index (χ2v) is 6.17. The number of rotatable bonds is 2. The van der Waals surface area contributed by atoms with Crippen LogP contribution in [0, 0.1) is 0 Å². The fraction of sp³-hybridized carbons (Fsp3) is 0.0769. The van der Waals surface area contributed by atoms with Gasteiger partial charge in [-0.3, -0.25) is 4.57 Å². The maximum absolute atomic E-state index is 12.6. The van der Waals surface area contributed by atoms with Crippen molar-refractivity contribution in [3.05, 3.63) is 60.2 Å². The first-order chi connectivity index (χ1) is 8.75. The van der Waals surface area contributed by atoms with Gasteiger partial charge in [-0.05, 0) is 23.8 Å². The Labute approximate surface area is 106 Å². The highest BCUT2D eigenvalue weighted by molar-refractivity contribution is 7.65. The number of benzene rings is 2. The zero-order chi connectivity index (χ0) is 12.4. The first-order valence-corrected chi connectivity index (χ1v) is 7.51. The minimum Gasteiger partial charge on any atom is -0.308 e. The normalized spacial score (nSPS) is 21.8. The van der Waals surface area contributed by atoms with Crippen molar-refractivity contribution in [1.82, 2.24) is 5.09 Å². The molecule has 0 fully saturated rings. The lowest BCUT2D eigenvalue weighted by molar-refractivity contribution is 0.570. The topological polar surface area (TPSA) is 53.2 Å². The Kier molecular flexibility index (Phi) is 2.82. The predicted molar refractivity (Wildman–Crippen MR) is 74.6 cm³/mol. The fourth-order valence-electron chi connectivity index (χ4n) is 1.95. The van der Waals surface area contributed by atoms with Gasteiger partial charge >= 0.3 is 7.59 Å². The van der Waals surface area contributed by atoms with Gasteiger partial charge in [0.2, 0.25) is 0 Å². The zero-order valence-corrected chi connectivity index (χ0v) is 10.7. The molecule has 92 valence electrons. The highest BCUT2D eigenvalue weighted by Gasteiger charge is 2.26. The third-order valence-corrected chi connectivity index (χ3v) is 4.58. The average Bonchev–Trinajstić information content (AvgIpc) is 2.39. The van der Waals surface area contributed by atoms with Crippen molar-refractivity contribution >= 4 is 19.0 Å². The summed E-state index contributed by atoms with van der Waals surface area (Å²) in [6.45, 7) is 0.598. The SMILES string of the molecule is O=[P@]1(Nc2ccccc2)NCc2ccccc2N1. The van der Waals surface area contributed by atoms with Crippen LogP contribution in [0.15, 0.2) is 54.6 Å². The molecule has 1 aliphatic rings. The molecule has 18 heavy (non-hydrogen) atoms. The van der Waals surface area contributed by atoms with Crippen LogP contribution in [-0.2, 0) is 11.1 Å². The average molecular weight is 259 g/mol. The zero-order valence-electron chi connectivity index (χ0n) is 9.76. The van der Waals surface area contributed by atoms with Gasteiger partial charge < -0.3 is 10.2 Å². The number of hydrogen-bond donors (Lipinski definition) is 3. The molecule has 0 saturated carbocycles. The molecule has 1 heterocycles. The summed E-state index contributed by atoms with van der Waals surface area (Å²) >= 11 is 0. The van der Waals surface area contributed by atoms with Crippen LogP contribution in [0.25, 0.3) is 0 Å². The number of fused-ring (bicyclic) bond motifs is 1. The molecule has 0 aliphatic carbocycles. The second kappa shape index (κ2) is 4.48. The van der Waals surface area contributed by atoms with Crippen LogP contribution in [0.5, 0.6) is 0 Å². The van der Waals surface area contributed by atoms with Gasteiger partial charge in [-0.25, -0.2) is 5.09 Å². The minimum atomic E-state index is -2.82. The van der Waals surface area contributed by atoms with E-state index in [9.17, 15) is 4.57 Å². The van der Waals surface area contributed by atoms with Crippen molar-refractivity contribution in [1.29, 1.82) is 0 Å². The number of anilines is 2. The summed E-state index contributed by atoms with van der Waals surface area (Å²) < 4.78 is 12.6. The summed E-state index contributed by atoms with van der Waals surface area (Å²) in [5.74, 6) is 0. The molecule has 1 atom stereocenters. The number of hydrogen-bond acceptors (Lipinski definition) is 1. The lowest BCUT2D eigenvalue weighted by Crippen LogP contribution is -2.26. The Hall–Kier alpha value is -1.77. The monoisotopic (exact) mass is 259 g/mol. The molecular formula is C13H14N3OP. The van der Waals surface area contributed by atoms with Crippen molar-refractivity contribution in [2.75, 3.05) is 10.2 Å². The van der Waals surface area contributed by atoms with E-state index in [2.05, 4.69) is 15.3 Å². The van der Waals surface area contributed by atoms with Gasteiger partial charge in [0.15, 0.2) is 0 Å². The van der Waals surface area contributed by atoms with Gasteiger partial charge in [-0.15, -0.1) is 0 Å². The molecule has 2 aromatic carbocycles. The molecule has 0 unspecified atom stereocenters. The van der Waals surface area contributed by atoms with Crippen LogP contribution >= 0.6 is 7.59 Å². The molecule has 1 aliphatic heterocycles. The van der Waals surface area contributed by atoms with Crippen molar-refractivity contribution < 1.29 is 4.57 Å². The van der Waals surface area contributed by atoms with Gasteiger partial charge in [0, 0.05) is 17.9 Å². The summed E-state index contributed by atoms with van der Waals surface area (Å²) in [6.07, 6.45) is 0. The summed E-state index contributed by atoms with van der Waals surface area (Å²) in [4.78, 5) is 0. The Morgan fingerprint density at radius 3 is 2.56 bits per heavy atom. The molecule has 5 heteroatoms. The number of para-hydroxylation sites is 2. The molecule has 0 aromatic heterocycles. The van der Waals surface area contributed by atoms with E-state index in [1.807, 2.05) is 54.6 Å². The molecule has 0 amide bonds. The molecule has 0 spiro atoms. The Balaban J connectivity index is 1.84. The van der Waals surface area contributed by atoms with E-state index in [4.69, 9.17) is 0 Å². The first kappa shape index (κ1) is 11.3. The van der Waals surface area contributed by atoms with Crippen LogP contribution in [0.1, 0.15) is 5.56 Å².